The molecule has 29 heavy (non-hydrogen) atoms. The van der Waals surface area contributed by atoms with Gasteiger partial charge in [0.1, 0.15) is 11.5 Å². The molecule has 2 aromatic carbocycles. The van der Waals surface area contributed by atoms with Crippen LogP contribution < -0.4 is 19.1 Å². The summed E-state index contributed by atoms with van der Waals surface area (Å²) < 4.78 is 36.7. The van der Waals surface area contributed by atoms with Crippen molar-refractivity contribution in [3.63, 3.8) is 0 Å². The minimum atomic E-state index is -3.31. The van der Waals surface area contributed by atoms with Gasteiger partial charge >= 0.3 is 0 Å². The van der Waals surface area contributed by atoms with Crippen molar-refractivity contribution in [2.24, 2.45) is 0 Å². The van der Waals surface area contributed by atoms with E-state index in [9.17, 15) is 13.2 Å². The second-order valence-electron chi connectivity index (χ2n) is 6.81. The predicted octanol–water partition coefficient (Wildman–Crippen LogP) is 3.67. The zero-order valence-corrected chi connectivity index (χ0v) is 17.5. The van der Waals surface area contributed by atoms with Crippen molar-refractivity contribution in [2.45, 2.75) is 26.2 Å². The van der Waals surface area contributed by atoms with E-state index in [0.717, 1.165) is 12.8 Å². The van der Waals surface area contributed by atoms with Crippen molar-refractivity contribution in [3.05, 3.63) is 48.0 Å². The Hall–Kier alpha value is -2.74. The highest BCUT2D eigenvalue weighted by Crippen LogP contribution is 2.33. The van der Waals surface area contributed by atoms with Gasteiger partial charge in [0.25, 0.3) is 5.91 Å². The van der Waals surface area contributed by atoms with Crippen LogP contribution in [-0.2, 0) is 10.0 Å². The normalized spacial score (nSPS) is 15.2. The van der Waals surface area contributed by atoms with Gasteiger partial charge in [0, 0.05) is 12.1 Å². The summed E-state index contributed by atoms with van der Waals surface area (Å²) in [6.45, 7) is 3.17. The number of benzene rings is 2. The van der Waals surface area contributed by atoms with Gasteiger partial charge in [-0.15, -0.1) is 0 Å². The molecule has 1 amide bonds. The maximum Gasteiger partial charge on any atom is 0.255 e. The minimum absolute atomic E-state index is 0.132. The fourth-order valence-electron chi connectivity index (χ4n) is 3.11. The molecule has 0 aromatic heterocycles. The Morgan fingerprint density at radius 2 is 1.93 bits per heavy atom. The minimum Gasteiger partial charge on any atom is -0.495 e. The average Bonchev–Trinajstić information content (AvgIpc) is 3.07. The van der Waals surface area contributed by atoms with Crippen LogP contribution in [0.25, 0.3) is 0 Å². The van der Waals surface area contributed by atoms with E-state index >= 15 is 0 Å². The number of amides is 1. The van der Waals surface area contributed by atoms with Crippen molar-refractivity contribution >= 4 is 27.3 Å². The number of anilines is 2. The zero-order valence-electron chi connectivity index (χ0n) is 16.7. The van der Waals surface area contributed by atoms with Gasteiger partial charge in [-0.3, -0.25) is 9.10 Å². The van der Waals surface area contributed by atoms with Crippen molar-refractivity contribution in [1.29, 1.82) is 0 Å². The lowest BCUT2D eigenvalue weighted by atomic mass is 10.2. The fourth-order valence-corrected chi connectivity index (χ4v) is 4.67. The quantitative estimate of drug-likeness (QED) is 0.661. The van der Waals surface area contributed by atoms with Crippen LogP contribution in [0, 0.1) is 0 Å². The molecule has 1 saturated heterocycles. The van der Waals surface area contributed by atoms with Crippen LogP contribution in [0.4, 0.5) is 11.4 Å². The number of ether oxygens (including phenoxy) is 2. The highest BCUT2D eigenvalue weighted by Gasteiger charge is 2.29. The van der Waals surface area contributed by atoms with Crippen molar-refractivity contribution in [2.75, 3.05) is 35.6 Å². The van der Waals surface area contributed by atoms with Crippen LogP contribution in [0.3, 0.4) is 0 Å². The van der Waals surface area contributed by atoms with Crippen molar-refractivity contribution < 1.29 is 22.7 Å². The third-order valence-electron chi connectivity index (χ3n) is 4.70. The van der Waals surface area contributed by atoms with E-state index in [0.29, 0.717) is 48.0 Å². The van der Waals surface area contributed by atoms with Gasteiger partial charge in [0.2, 0.25) is 10.0 Å². The van der Waals surface area contributed by atoms with E-state index in [-0.39, 0.29) is 11.7 Å². The Bertz CT molecular complexity index is 958. The molecule has 8 heteroatoms. The molecule has 0 radical (unpaired) electrons. The first-order valence-electron chi connectivity index (χ1n) is 9.67. The Morgan fingerprint density at radius 3 is 2.55 bits per heavy atom. The molecule has 1 aliphatic rings. The van der Waals surface area contributed by atoms with Gasteiger partial charge in [-0.2, -0.15) is 0 Å². The second-order valence-corrected chi connectivity index (χ2v) is 8.82. The Morgan fingerprint density at radius 1 is 1.17 bits per heavy atom. The summed E-state index contributed by atoms with van der Waals surface area (Å²) in [5.41, 5.74) is 1.40. The molecular weight excluding hydrogens is 392 g/mol. The average molecular weight is 419 g/mol. The van der Waals surface area contributed by atoms with Crippen LogP contribution in [0.5, 0.6) is 11.5 Å². The number of sulfonamides is 1. The van der Waals surface area contributed by atoms with Gasteiger partial charge in [-0.05, 0) is 55.3 Å². The summed E-state index contributed by atoms with van der Waals surface area (Å²) in [4.78, 5) is 12.7. The van der Waals surface area contributed by atoms with E-state index in [2.05, 4.69) is 12.2 Å². The van der Waals surface area contributed by atoms with Crippen molar-refractivity contribution in [1.82, 2.24) is 0 Å². The molecule has 156 valence electrons. The van der Waals surface area contributed by atoms with E-state index in [1.165, 1.54) is 11.4 Å². The Balaban J connectivity index is 1.76. The third-order valence-corrected chi connectivity index (χ3v) is 6.57. The monoisotopic (exact) mass is 418 g/mol. The number of rotatable bonds is 8. The summed E-state index contributed by atoms with van der Waals surface area (Å²) in [6.07, 6.45) is 2.62. The molecule has 1 N–H and O–H groups in total. The lowest BCUT2D eigenvalue weighted by molar-refractivity contribution is 0.102. The molecule has 1 aliphatic heterocycles. The largest absolute Gasteiger partial charge is 0.495 e. The molecule has 7 nitrogen and oxygen atoms in total. The van der Waals surface area contributed by atoms with Crippen molar-refractivity contribution in [3.8, 4) is 11.5 Å². The van der Waals surface area contributed by atoms with Gasteiger partial charge < -0.3 is 14.8 Å². The Labute approximate surface area is 171 Å². The smallest absolute Gasteiger partial charge is 0.255 e. The number of carbonyl (C=O) groups is 1. The third kappa shape index (κ3) is 5.00. The van der Waals surface area contributed by atoms with E-state index < -0.39 is 10.0 Å². The topological polar surface area (TPSA) is 84.9 Å². The van der Waals surface area contributed by atoms with Crippen LogP contribution in [-0.4, -0.2) is 40.3 Å². The molecule has 0 saturated carbocycles. The lowest BCUT2D eigenvalue weighted by Gasteiger charge is -2.19. The van der Waals surface area contributed by atoms with Crippen LogP contribution in [0.1, 0.15) is 36.5 Å². The molecular formula is C21H26N2O5S. The summed E-state index contributed by atoms with van der Waals surface area (Å²) in [5.74, 6) is 0.991. The lowest BCUT2D eigenvalue weighted by Crippen LogP contribution is -2.25. The first kappa shape index (κ1) is 21.0. The number of carbonyl (C=O) groups excluding carboxylic acids is 1. The fraction of sp³-hybridized carbons (Fsp3) is 0.381. The maximum atomic E-state index is 12.7. The summed E-state index contributed by atoms with van der Waals surface area (Å²) in [6, 6.07) is 11.9. The first-order chi connectivity index (χ1) is 13.9. The molecule has 0 unspecified atom stereocenters. The van der Waals surface area contributed by atoms with E-state index in [1.807, 2.05) is 0 Å². The van der Waals surface area contributed by atoms with Gasteiger partial charge in [0.15, 0.2) is 0 Å². The number of nitrogens with zero attached hydrogens (tertiary/aromatic N) is 1. The number of hydrogen-bond donors (Lipinski definition) is 1. The summed E-state index contributed by atoms with van der Waals surface area (Å²) >= 11 is 0. The predicted molar refractivity (Wildman–Crippen MR) is 114 cm³/mol. The molecule has 3 rings (SSSR count). The van der Waals surface area contributed by atoms with E-state index in [1.54, 1.807) is 42.5 Å². The van der Waals surface area contributed by atoms with Crippen LogP contribution in [0.2, 0.25) is 0 Å². The van der Waals surface area contributed by atoms with Gasteiger partial charge in [-0.1, -0.05) is 13.3 Å². The molecule has 0 spiro atoms. The van der Waals surface area contributed by atoms with E-state index in [4.69, 9.17) is 9.47 Å². The SMILES string of the molecule is CCCCOc1ccc(C(=O)Nc2cc(N3CCCS3(=O)=O)ccc2OC)cc1. The number of unbranched alkanes of at least 4 members (excludes halogenated alkanes) is 1. The van der Waals surface area contributed by atoms with Crippen LogP contribution in [0.15, 0.2) is 42.5 Å². The number of methoxy groups -OCH3 is 1. The van der Waals surface area contributed by atoms with Gasteiger partial charge in [0.05, 0.1) is 30.8 Å². The Kier molecular flexibility index (Phi) is 6.64. The summed E-state index contributed by atoms with van der Waals surface area (Å²) in [7, 11) is -1.81. The van der Waals surface area contributed by atoms with Gasteiger partial charge in [-0.25, -0.2) is 8.42 Å². The zero-order chi connectivity index (χ0) is 20.9. The molecule has 0 bridgehead atoms. The highest BCUT2D eigenvalue weighted by molar-refractivity contribution is 7.93. The molecule has 1 heterocycles. The molecule has 0 atom stereocenters. The molecule has 1 fully saturated rings. The standard InChI is InChI=1S/C21H26N2O5S/c1-3-4-13-28-18-9-6-16(7-10-18)21(24)22-19-15-17(8-11-20(19)27-2)23-12-5-14-29(23,25)26/h6-11,15H,3-5,12-14H2,1-2H3,(H,22,24). The molecule has 0 aliphatic carbocycles. The first-order valence-corrected chi connectivity index (χ1v) is 11.3. The molecule has 2 aromatic rings. The highest BCUT2D eigenvalue weighted by atomic mass is 32.2. The number of nitrogens with one attached hydrogen (secondary N) is 1. The van der Waals surface area contributed by atoms with Crippen LogP contribution >= 0.6 is 0 Å². The second kappa shape index (κ2) is 9.17. The number of hydrogen-bond acceptors (Lipinski definition) is 5. The maximum absolute atomic E-state index is 12.7. The summed E-state index contributed by atoms with van der Waals surface area (Å²) in [5, 5.41) is 2.81.